The van der Waals surface area contributed by atoms with E-state index in [0.29, 0.717) is 6.54 Å². The second-order valence-electron chi connectivity index (χ2n) is 5.06. The van der Waals surface area contributed by atoms with Gasteiger partial charge in [-0.1, -0.05) is 0 Å². The molecule has 1 N–H and O–H groups in total. The van der Waals surface area contributed by atoms with E-state index < -0.39 is 0 Å². The summed E-state index contributed by atoms with van der Waals surface area (Å²) in [5, 5.41) is 5.52. The largest absolute Gasteiger partial charge is 0.497 e. The third kappa shape index (κ3) is 3.15. The van der Waals surface area contributed by atoms with E-state index in [1.165, 1.54) is 0 Å². The van der Waals surface area contributed by atoms with Crippen LogP contribution < -0.4 is 10.1 Å². The van der Waals surface area contributed by atoms with Crippen LogP contribution in [-0.2, 0) is 4.74 Å². The third-order valence-corrected chi connectivity index (χ3v) is 3.21. The minimum absolute atomic E-state index is 0.226. The number of nitrogens with one attached hydrogen (secondary N) is 1. The summed E-state index contributed by atoms with van der Waals surface area (Å²) in [5.41, 5.74) is -0.226. The van der Waals surface area contributed by atoms with Crippen LogP contribution in [0, 0.1) is 0 Å². The van der Waals surface area contributed by atoms with Gasteiger partial charge in [0.05, 0.1) is 12.7 Å². The molecule has 19 heavy (non-hydrogen) atoms. The van der Waals surface area contributed by atoms with Crippen LogP contribution in [0.25, 0.3) is 10.8 Å². The number of hydrogen-bond acceptors (Lipinski definition) is 4. The Bertz CT molecular complexity index is 567. The molecule has 0 aliphatic carbocycles. The van der Waals surface area contributed by atoms with Crippen molar-refractivity contribution in [3.8, 4) is 5.75 Å². The standard InChI is InChI=1S/C15H20N2O2/c1-15(2,19-4)10-17-14-13-6-5-12(18-3)9-11(13)7-8-16-14/h5-9H,10H2,1-4H3,(H,16,17). The maximum absolute atomic E-state index is 5.40. The number of rotatable bonds is 5. The zero-order chi connectivity index (χ0) is 13.9. The minimum atomic E-state index is -0.226. The van der Waals surface area contributed by atoms with Gasteiger partial charge >= 0.3 is 0 Å². The summed E-state index contributed by atoms with van der Waals surface area (Å²) in [7, 11) is 3.38. The lowest BCUT2D eigenvalue weighted by Crippen LogP contribution is -2.32. The molecule has 2 rings (SSSR count). The van der Waals surface area contributed by atoms with Crippen LogP contribution in [0.4, 0.5) is 5.82 Å². The zero-order valence-corrected chi connectivity index (χ0v) is 11.9. The zero-order valence-electron chi connectivity index (χ0n) is 11.9. The van der Waals surface area contributed by atoms with Gasteiger partial charge in [0.25, 0.3) is 0 Å². The van der Waals surface area contributed by atoms with E-state index in [1.807, 2.05) is 38.1 Å². The van der Waals surface area contributed by atoms with Gasteiger partial charge in [-0.3, -0.25) is 0 Å². The average Bonchev–Trinajstić information content (AvgIpc) is 2.44. The van der Waals surface area contributed by atoms with Gasteiger partial charge in [0.15, 0.2) is 0 Å². The molecule has 0 unspecified atom stereocenters. The Hall–Kier alpha value is -1.81. The number of nitrogens with zero attached hydrogens (tertiary/aromatic N) is 1. The van der Waals surface area contributed by atoms with Gasteiger partial charge < -0.3 is 14.8 Å². The maximum Gasteiger partial charge on any atom is 0.133 e. The van der Waals surface area contributed by atoms with E-state index in [4.69, 9.17) is 9.47 Å². The third-order valence-electron chi connectivity index (χ3n) is 3.21. The Morgan fingerprint density at radius 2 is 2.00 bits per heavy atom. The van der Waals surface area contributed by atoms with Crippen LogP contribution >= 0.6 is 0 Å². The van der Waals surface area contributed by atoms with E-state index >= 15 is 0 Å². The number of pyridine rings is 1. The van der Waals surface area contributed by atoms with Gasteiger partial charge in [-0.2, -0.15) is 0 Å². The number of ether oxygens (including phenoxy) is 2. The van der Waals surface area contributed by atoms with Crippen molar-refractivity contribution >= 4 is 16.6 Å². The van der Waals surface area contributed by atoms with Gasteiger partial charge in [-0.05, 0) is 43.5 Å². The van der Waals surface area contributed by atoms with Crippen LogP contribution in [0.3, 0.4) is 0 Å². The molecule has 102 valence electrons. The summed E-state index contributed by atoms with van der Waals surface area (Å²) in [6.07, 6.45) is 1.80. The van der Waals surface area contributed by atoms with Gasteiger partial charge in [0, 0.05) is 25.2 Å². The van der Waals surface area contributed by atoms with Crippen LogP contribution in [0.5, 0.6) is 5.75 Å². The van der Waals surface area contributed by atoms with Crippen molar-refractivity contribution in [2.24, 2.45) is 0 Å². The van der Waals surface area contributed by atoms with E-state index in [-0.39, 0.29) is 5.60 Å². The molecule has 0 radical (unpaired) electrons. The molecular formula is C15H20N2O2. The van der Waals surface area contributed by atoms with Crippen molar-refractivity contribution in [1.29, 1.82) is 0 Å². The highest BCUT2D eigenvalue weighted by molar-refractivity contribution is 5.92. The fourth-order valence-corrected chi connectivity index (χ4v) is 1.79. The molecule has 0 aliphatic rings. The van der Waals surface area contributed by atoms with Crippen molar-refractivity contribution in [2.75, 3.05) is 26.1 Å². The Labute approximate surface area is 113 Å². The van der Waals surface area contributed by atoms with Gasteiger partial charge in [-0.25, -0.2) is 4.98 Å². The Morgan fingerprint density at radius 1 is 1.21 bits per heavy atom. The molecule has 0 fully saturated rings. The highest BCUT2D eigenvalue weighted by Crippen LogP contribution is 2.25. The van der Waals surface area contributed by atoms with Crippen molar-refractivity contribution < 1.29 is 9.47 Å². The predicted octanol–water partition coefficient (Wildman–Crippen LogP) is 3.08. The number of aromatic nitrogens is 1. The fourth-order valence-electron chi connectivity index (χ4n) is 1.79. The molecule has 1 aromatic heterocycles. The number of fused-ring (bicyclic) bond motifs is 1. The molecule has 0 bridgehead atoms. The first-order valence-electron chi connectivity index (χ1n) is 6.27. The molecule has 0 aliphatic heterocycles. The molecule has 0 spiro atoms. The summed E-state index contributed by atoms with van der Waals surface area (Å²) >= 11 is 0. The molecule has 0 saturated heterocycles. The second-order valence-corrected chi connectivity index (χ2v) is 5.06. The van der Waals surface area contributed by atoms with Crippen molar-refractivity contribution in [1.82, 2.24) is 4.98 Å². The molecular weight excluding hydrogens is 240 g/mol. The highest BCUT2D eigenvalue weighted by Gasteiger charge is 2.16. The summed E-state index contributed by atoms with van der Waals surface area (Å²) < 4.78 is 10.6. The monoisotopic (exact) mass is 260 g/mol. The predicted molar refractivity (Wildman–Crippen MR) is 77.9 cm³/mol. The lowest BCUT2D eigenvalue weighted by atomic mass is 10.1. The molecule has 4 heteroatoms. The Kier molecular flexibility index (Phi) is 3.90. The van der Waals surface area contributed by atoms with Gasteiger partial charge in [0.1, 0.15) is 11.6 Å². The first-order chi connectivity index (χ1) is 9.05. The van der Waals surface area contributed by atoms with Gasteiger partial charge in [-0.15, -0.1) is 0 Å². The molecule has 0 amide bonds. The molecule has 4 nitrogen and oxygen atoms in total. The smallest absolute Gasteiger partial charge is 0.133 e. The normalized spacial score (nSPS) is 11.6. The molecule has 1 heterocycles. The number of methoxy groups -OCH3 is 2. The number of benzene rings is 1. The lowest BCUT2D eigenvalue weighted by molar-refractivity contribution is 0.0343. The summed E-state index contributed by atoms with van der Waals surface area (Å²) in [6, 6.07) is 7.94. The number of anilines is 1. The summed E-state index contributed by atoms with van der Waals surface area (Å²) in [6.45, 7) is 4.77. The Morgan fingerprint density at radius 3 is 2.68 bits per heavy atom. The quantitative estimate of drug-likeness (QED) is 0.897. The fraction of sp³-hybridized carbons (Fsp3) is 0.400. The van der Waals surface area contributed by atoms with Crippen LogP contribution in [0.15, 0.2) is 30.5 Å². The number of hydrogen-bond donors (Lipinski definition) is 1. The lowest BCUT2D eigenvalue weighted by Gasteiger charge is -2.23. The first-order valence-corrected chi connectivity index (χ1v) is 6.27. The topological polar surface area (TPSA) is 43.4 Å². The Balaban J connectivity index is 2.29. The molecule has 1 aromatic carbocycles. The van der Waals surface area contributed by atoms with Crippen LogP contribution in [-0.4, -0.2) is 31.3 Å². The van der Waals surface area contributed by atoms with Crippen LogP contribution in [0.1, 0.15) is 13.8 Å². The van der Waals surface area contributed by atoms with E-state index in [9.17, 15) is 0 Å². The van der Waals surface area contributed by atoms with Crippen molar-refractivity contribution in [3.63, 3.8) is 0 Å². The molecule has 0 saturated carbocycles. The molecule has 2 aromatic rings. The van der Waals surface area contributed by atoms with Crippen molar-refractivity contribution in [3.05, 3.63) is 30.5 Å². The van der Waals surface area contributed by atoms with Gasteiger partial charge in [0.2, 0.25) is 0 Å². The SMILES string of the molecule is COc1ccc2c(NCC(C)(C)OC)nccc2c1. The highest BCUT2D eigenvalue weighted by atomic mass is 16.5. The minimum Gasteiger partial charge on any atom is -0.497 e. The van der Waals surface area contributed by atoms with Crippen LogP contribution in [0.2, 0.25) is 0 Å². The average molecular weight is 260 g/mol. The summed E-state index contributed by atoms with van der Waals surface area (Å²) in [5.74, 6) is 1.71. The summed E-state index contributed by atoms with van der Waals surface area (Å²) in [4.78, 5) is 4.39. The maximum atomic E-state index is 5.40. The second kappa shape index (κ2) is 5.45. The van der Waals surface area contributed by atoms with E-state index in [1.54, 1.807) is 20.4 Å². The van der Waals surface area contributed by atoms with Crippen molar-refractivity contribution in [2.45, 2.75) is 19.4 Å². The first kappa shape index (κ1) is 13.6. The molecule has 0 atom stereocenters. The van der Waals surface area contributed by atoms with E-state index in [2.05, 4.69) is 10.3 Å². The van der Waals surface area contributed by atoms with E-state index in [0.717, 1.165) is 22.3 Å².